The Kier molecular flexibility index (Phi) is 5.68. The normalized spacial score (nSPS) is 12.0. The second-order valence-electron chi connectivity index (χ2n) is 2.51. The van der Waals surface area contributed by atoms with Gasteiger partial charge in [-0.3, -0.25) is 0 Å². The van der Waals surface area contributed by atoms with E-state index in [1.807, 2.05) is 0 Å². The second-order valence-corrected chi connectivity index (χ2v) is 3.35. The minimum absolute atomic E-state index is 0. The first-order chi connectivity index (χ1) is 5.65. The minimum atomic E-state index is -0.213. The average Bonchev–Trinajstić information content (AvgIpc) is 2.03. The predicted octanol–water partition coefficient (Wildman–Crippen LogP) is 2.37. The Morgan fingerprint density at radius 1 is 1.31 bits per heavy atom. The highest BCUT2D eigenvalue weighted by Gasteiger charge is 2.07. The molecule has 1 aromatic rings. The Labute approximate surface area is 93.6 Å². The SMILES string of the molecule is Cl.NC[C@@H](N)c1ccc(Cl)cc1Cl. The number of rotatable bonds is 2. The zero-order chi connectivity index (χ0) is 9.14. The largest absolute Gasteiger partial charge is 0.329 e. The number of hydrogen-bond acceptors (Lipinski definition) is 2. The Morgan fingerprint density at radius 3 is 2.38 bits per heavy atom. The van der Waals surface area contributed by atoms with E-state index in [2.05, 4.69) is 0 Å². The van der Waals surface area contributed by atoms with Gasteiger partial charge in [0.2, 0.25) is 0 Å². The molecule has 0 heterocycles. The molecular formula is C8H11Cl3N2. The summed E-state index contributed by atoms with van der Waals surface area (Å²) in [4.78, 5) is 0. The van der Waals surface area contributed by atoms with Gasteiger partial charge in [0.15, 0.2) is 0 Å². The molecule has 4 N–H and O–H groups in total. The molecule has 0 aromatic heterocycles. The van der Waals surface area contributed by atoms with Crippen molar-refractivity contribution in [3.63, 3.8) is 0 Å². The summed E-state index contributed by atoms with van der Waals surface area (Å²) in [5, 5.41) is 1.17. The van der Waals surface area contributed by atoms with Crippen LogP contribution < -0.4 is 11.5 Å². The zero-order valence-corrected chi connectivity index (χ0v) is 9.16. The fourth-order valence-electron chi connectivity index (χ4n) is 0.929. The zero-order valence-electron chi connectivity index (χ0n) is 6.84. The number of halogens is 3. The van der Waals surface area contributed by atoms with Gasteiger partial charge in [0.25, 0.3) is 0 Å². The monoisotopic (exact) mass is 240 g/mol. The van der Waals surface area contributed by atoms with E-state index >= 15 is 0 Å². The molecule has 0 amide bonds. The molecule has 0 spiro atoms. The lowest BCUT2D eigenvalue weighted by molar-refractivity contribution is 0.737. The van der Waals surface area contributed by atoms with Crippen LogP contribution in [0, 0.1) is 0 Å². The molecule has 1 rings (SSSR count). The number of nitrogens with two attached hydrogens (primary N) is 2. The van der Waals surface area contributed by atoms with Crippen molar-refractivity contribution in [2.45, 2.75) is 6.04 Å². The standard InChI is InChI=1S/C8H10Cl2N2.ClH/c9-5-1-2-6(7(10)3-5)8(12)4-11;/h1-3,8H,4,11-12H2;1H/t8-;/m1./s1. The van der Waals surface area contributed by atoms with Crippen LogP contribution in [0.3, 0.4) is 0 Å². The summed E-state index contributed by atoms with van der Waals surface area (Å²) < 4.78 is 0. The second kappa shape index (κ2) is 5.68. The van der Waals surface area contributed by atoms with E-state index in [9.17, 15) is 0 Å². The van der Waals surface area contributed by atoms with Crippen LogP contribution in [0.25, 0.3) is 0 Å². The van der Waals surface area contributed by atoms with Crippen molar-refractivity contribution in [3.05, 3.63) is 33.8 Å². The van der Waals surface area contributed by atoms with Gasteiger partial charge in [-0.25, -0.2) is 0 Å². The van der Waals surface area contributed by atoms with Crippen LogP contribution in [0.1, 0.15) is 11.6 Å². The molecule has 1 aromatic carbocycles. The van der Waals surface area contributed by atoms with Crippen LogP contribution in [0.2, 0.25) is 10.0 Å². The summed E-state index contributed by atoms with van der Waals surface area (Å²) in [5.74, 6) is 0. The highest BCUT2D eigenvalue weighted by atomic mass is 35.5. The van der Waals surface area contributed by atoms with Gasteiger partial charge in [0, 0.05) is 22.6 Å². The Bertz CT molecular complexity index is 278. The third-order valence-corrected chi connectivity index (χ3v) is 2.18. The van der Waals surface area contributed by atoms with Crippen LogP contribution in [-0.4, -0.2) is 6.54 Å². The molecule has 13 heavy (non-hydrogen) atoms. The summed E-state index contributed by atoms with van der Waals surface area (Å²) in [6.45, 7) is 0.376. The van der Waals surface area contributed by atoms with Gasteiger partial charge in [-0.2, -0.15) is 0 Å². The van der Waals surface area contributed by atoms with Gasteiger partial charge < -0.3 is 11.5 Å². The van der Waals surface area contributed by atoms with Crippen molar-refractivity contribution in [3.8, 4) is 0 Å². The fourth-order valence-corrected chi connectivity index (χ4v) is 1.48. The van der Waals surface area contributed by atoms with E-state index in [4.69, 9.17) is 34.7 Å². The molecule has 0 aliphatic carbocycles. The fraction of sp³-hybridized carbons (Fsp3) is 0.250. The molecule has 0 aliphatic heterocycles. The summed E-state index contributed by atoms with van der Waals surface area (Å²) in [7, 11) is 0. The molecule has 1 atom stereocenters. The van der Waals surface area contributed by atoms with Gasteiger partial charge >= 0.3 is 0 Å². The molecule has 0 saturated carbocycles. The maximum absolute atomic E-state index is 5.88. The van der Waals surface area contributed by atoms with Crippen LogP contribution in [0.4, 0.5) is 0 Å². The highest BCUT2D eigenvalue weighted by molar-refractivity contribution is 6.35. The van der Waals surface area contributed by atoms with E-state index in [1.54, 1.807) is 18.2 Å². The first kappa shape index (κ1) is 13.0. The molecule has 2 nitrogen and oxygen atoms in total. The lowest BCUT2D eigenvalue weighted by atomic mass is 10.1. The van der Waals surface area contributed by atoms with Crippen LogP contribution in [0.5, 0.6) is 0 Å². The molecule has 0 saturated heterocycles. The summed E-state index contributed by atoms with van der Waals surface area (Å²) in [6, 6.07) is 4.99. The van der Waals surface area contributed by atoms with Crippen LogP contribution in [0.15, 0.2) is 18.2 Å². The van der Waals surface area contributed by atoms with E-state index in [0.717, 1.165) is 5.56 Å². The van der Waals surface area contributed by atoms with E-state index in [-0.39, 0.29) is 18.4 Å². The molecule has 0 unspecified atom stereocenters. The third-order valence-electron chi connectivity index (χ3n) is 1.62. The lowest BCUT2D eigenvalue weighted by Crippen LogP contribution is -2.20. The van der Waals surface area contributed by atoms with Crippen LogP contribution >= 0.6 is 35.6 Å². The van der Waals surface area contributed by atoms with Gasteiger partial charge in [-0.15, -0.1) is 12.4 Å². The van der Waals surface area contributed by atoms with Crippen molar-refractivity contribution in [1.82, 2.24) is 0 Å². The van der Waals surface area contributed by atoms with Crippen molar-refractivity contribution in [2.24, 2.45) is 11.5 Å². The molecule has 5 heteroatoms. The van der Waals surface area contributed by atoms with Crippen molar-refractivity contribution in [1.29, 1.82) is 0 Å². The topological polar surface area (TPSA) is 52.0 Å². The Balaban J connectivity index is 0.00000144. The predicted molar refractivity (Wildman–Crippen MR) is 59.7 cm³/mol. The van der Waals surface area contributed by atoms with E-state index in [1.165, 1.54) is 0 Å². The van der Waals surface area contributed by atoms with Crippen molar-refractivity contribution < 1.29 is 0 Å². The summed E-state index contributed by atoms with van der Waals surface area (Å²) >= 11 is 11.6. The molecule has 0 radical (unpaired) electrons. The molecule has 0 fully saturated rings. The molecule has 74 valence electrons. The van der Waals surface area contributed by atoms with Gasteiger partial charge in [0.1, 0.15) is 0 Å². The first-order valence-electron chi connectivity index (χ1n) is 3.55. The highest BCUT2D eigenvalue weighted by Crippen LogP contribution is 2.24. The Hall–Kier alpha value is 0.01000. The maximum Gasteiger partial charge on any atom is 0.0469 e. The van der Waals surface area contributed by atoms with E-state index < -0.39 is 0 Å². The minimum Gasteiger partial charge on any atom is -0.329 e. The van der Waals surface area contributed by atoms with Gasteiger partial charge in [-0.05, 0) is 17.7 Å². The summed E-state index contributed by atoms with van der Waals surface area (Å²) in [6.07, 6.45) is 0. The van der Waals surface area contributed by atoms with Crippen LogP contribution in [-0.2, 0) is 0 Å². The average molecular weight is 242 g/mol. The third kappa shape index (κ3) is 3.33. The van der Waals surface area contributed by atoms with Crippen molar-refractivity contribution >= 4 is 35.6 Å². The molecule has 0 aliphatic rings. The lowest BCUT2D eigenvalue weighted by Gasteiger charge is -2.10. The molecular weight excluding hydrogens is 230 g/mol. The molecule has 0 bridgehead atoms. The van der Waals surface area contributed by atoms with Gasteiger partial charge in [0.05, 0.1) is 0 Å². The van der Waals surface area contributed by atoms with E-state index in [0.29, 0.717) is 16.6 Å². The van der Waals surface area contributed by atoms with Gasteiger partial charge in [-0.1, -0.05) is 29.3 Å². The Morgan fingerprint density at radius 2 is 1.92 bits per heavy atom. The quantitative estimate of drug-likeness (QED) is 0.835. The summed E-state index contributed by atoms with van der Waals surface area (Å²) in [5.41, 5.74) is 11.9. The van der Waals surface area contributed by atoms with Crippen molar-refractivity contribution in [2.75, 3.05) is 6.54 Å². The first-order valence-corrected chi connectivity index (χ1v) is 4.31. The maximum atomic E-state index is 5.88. The smallest absolute Gasteiger partial charge is 0.0469 e. The number of benzene rings is 1. The number of hydrogen-bond donors (Lipinski definition) is 2.